The molecule has 0 fully saturated rings. The standard InChI is InChI=1S/C15H14F4N2O3S/c1-24-9-13(10-4-6-11(16)7-5-10)21-25(22,23)14-12(15(17,18)19)3-2-8-20-14/h2-8,13,21H,9H2,1H3. The summed E-state index contributed by atoms with van der Waals surface area (Å²) in [5, 5.41) is -1.13. The second-order valence-corrected chi connectivity index (χ2v) is 6.66. The van der Waals surface area contributed by atoms with Gasteiger partial charge >= 0.3 is 6.18 Å². The zero-order valence-electron chi connectivity index (χ0n) is 12.9. The van der Waals surface area contributed by atoms with Crippen LogP contribution in [0.2, 0.25) is 0 Å². The number of nitrogens with one attached hydrogen (secondary N) is 1. The van der Waals surface area contributed by atoms with Crippen molar-refractivity contribution in [2.24, 2.45) is 0 Å². The summed E-state index contributed by atoms with van der Waals surface area (Å²) in [4.78, 5) is 3.37. The molecule has 2 aromatic rings. The van der Waals surface area contributed by atoms with Crippen LogP contribution in [-0.4, -0.2) is 27.1 Å². The van der Waals surface area contributed by atoms with Crippen molar-refractivity contribution in [1.82, 2.24) is 9.71 Å². The molecule has 1 aromatic carbocycles. The summed E-state index contributed by atoms with van der Waals surface area (Å²) in [5.74, 6) is -0.535. The lowest BCUT2D eigenvalue weighted by atomic mass is 10.1. The van der Waals surface area contributed by atoms with Crippen molar-refractivity contribution in [3.05, 3.63) is 59.5 Å². The number of hydrogen-bond acceptors (Lipinski definition) is 4. The number of sulfonamides is 1. The first-order chi connectivity index (χ1) is 11.6. The third-order valence-corrected chi connectivity index (χ3v) is 4.66. The van der Waals surface area contributed by atoms with Crippen molar-refractivity contribution in [2.75, 3.05) is 13.7 Å². The van der Waals surface area contributed by atoms with Gasteiger partial charge < -0.3 is 4.74 Å². The number of nitrogens with zero attached hydrogens (tertiary/aromatic N) is 1. The fourth-order valence-electron chi connectivity index (χ4n) is 2.12. The Morgan fingerprint density at radius 3 is 2.40 bits per heavy atom. The van der Waals surface area contributed by atoms with E-state index in [1.165, 1.54) is 19.2 Å². The van der Waals surface area contributed by atoms with Gasteiger partial charge in [-0.2, -0.15) is 17.9 Å². The van der Waals surface area contributed by atoms with Crippen LogP contribution in [-0.2, 0) is 20.9 Å². The Labute approximate surface area is 141 Å². The van der Waals surface area contributed by atoms with Crippen LogP contribution in [0.25, 0.3) is 0 Å². The van der Waals surface area contributed by atoms with E-state index in [2.05, 4.69) is 9.71 Å². The minimum absolute atomic E-state index is 0.168. The van der Waals surface area contributed by atoms with E-state index >= 15 is 0 Å². The summed E-state index contributed by atoms with van der Waals surface area (Å²) in [6.45, 7) is -0.168. The lowest BCUT2D eigenvalue weighted by molar-refractivity contribution is -0.140. The highest BCUT2D eigenvalue weighted by Crippen LogP contribution is 2.33. The number of alkyl halides is 3. The van der Waals surface area contributed by atoms with Gasteiger partial charge in [-0.25, -0.2) is 17.8 Å². The maximum atomic E-state index is 13.0. The number of ether oxygens (including phenoxy) is 1. The van der Waals surface area contributed by atoms with Crippen molar-refractivity contribution in [3.8, 4) is 0 Å². The average molecular weight is 378 g/mol. The van der Waals surface area contributed by atoms with Crippen LogP contribution in [0.1, 0.15) is 17.2 Å². The number of hydrogen-bond donors (Lipinski definition) is 1. The van der Waals surface area contributed by atoms with E-state index < -0.39 is 38.6 Å². The number of pyridine rings is 1. The van der Waals surface area contributed by atoms with Crippen LogP contribution in [0.4, 0.5) is 17.6 Å². The van der Waals surface area contributed by atoms with Gasteiger partial charge in [0.25, 0.3) is 10.0 Å². The van der Waals surface area contributed by atoms with Crippen molar-refractivity contribution >= 4 is 10.0 Å². The molecule has 1 unspecified atom stereocenters. The summed E-state index contributed by atoms with van der Waals surface area (Å²) in [6, 6.07) is 5.44. The maximum absolute atomic E-state index is 13.0. The normalized spacial score (nSPS) is 13.6. The smallest absolute Gasteiger partial charge is 0.383 e. The number of aromatic nitrogens is 1. The van der Waals surface area contributed by atoms with Gasteiger partial charge in [0.05, 0.1) is 18.2 Å². The van der Waals surface area contributed by atoms with Crippen molar-refractivity contribution in [2.45, 2.75) is 17.2 Å². The SMILES string of the molecule is COCC(NS(=O)(=O)c1ncccc1C(F)(F)F)c1ccc(F)cc1. The Morgan fingerprint density at radius 2 is 1.84 bits per heavy atom. The number of halogens is 4. The molecular weight excluding hydrogens is 364 g/mol. The Hall–Kier alpha value is -2.04. The van der Waals surface area contributed by atoms with Gasteiger partial charge in [-0.1, -0.05) is 12.1 Å². The van der Waals surface area contributed by atoms with Crippen LogP contribution in [0, 0.1) is 5.82 Å². The number of methoxy groups -OCH3 is 1. The lowest BCUT2D eigenvalue weighted by Crippen LogP contribution is -2.33. The summed E-state index contributed by atoms with van der Waals surface area (Å²) in [7, 11) is -3.31. The van der Waals surface area contributed by atoms with Crippen LogP contribution in [0.5, 0.6) is 0 Å². The monoisotopic (exact) mass is 378 g/mol. The zero-order chi connectivity index (χ0) is 18.7. The highest BCUT2D eigenvalue weighted by atomic mass is 32.2. The van der Waals surface area contributed by atoms with Crippen LogP contribution < -0.4 is 4.72 Å². The molecule has 0 saturated carbocycles. The van der Waals surface area contributed by atoms with Gasteiger partial charge in [-0.15, -0.1) is 0 Å². The van der Waals surface area contributed by atoms with Crippen molar-refractivity contribution in [3.63, 3.8) is 0 Å². The minimum Gasteiger partial charge on any atom is -0.383 e. The largest absolute Gasteiger partial charge is 0.419 e. The Morgan fingerprint density at radius 1 is 1.20 bits per heavy atom. The van der Waals surface area contributed by atoms with Gasteiger partial charge in [0.15, 0.2) is 5.03 Å². The molecule has 1 heterocycles. The molecule has 0 aliphatic carbocycles. The molecule has 2 rings (SSSR count). The summed E-state index contributed by atoms with van der Waals surface area (Å²) >= 11 is 0. The Kier molecular flexibility index (Phi) is 5.76. The maximum Gasteiger partial charge on any atom is 0.419 e. The van der Waals surface area contributed by atoms with Gasteiger partial charge in [0.2, 0.25) is 0 Å². The Bertz CT molecular complexity index is 823. The second-order valence-electron chi connectivity index (χ2n) is 5.03. The summed E-state index contributed by atoms with van der Waals surface area (Å²) in [5.41, 5.74) is -1.05. The molecule has 1 N–H and O–H groups in total. The highest BCUT2D eigenvalue weighted by Gasteiger charge is 2.38. The molecule has 5 nitrogen and oxygen atoms in total. The predicted molar refractivity (Wildman–Crippen MR) is 80.6 cm³/mol. The summed E-state index contributed by atoms with van der Waals surface area (Å²) in [6.07, 6.45) is -3.93. The first-order valence-corrected chi connectivity index (χ1v) is 8.42. The molecule has 0 radical (unpaired) electrons. The first-order valence-electron chi connectivity index (χ1n) is 6.94. The average Bonchev–Trinajstić information content (AvgIpc) is 2.54. The Balaban J connectivity index is 2.40. The molecule has 136 valence electrons. The molecule has 0 bridgehead atoms. The molecule has 1 aromatic heterocycles. The third-order valence-electron chi connectivity index (χ3n) is 3.23. The van der Waals surface area contributed by atoms with E-state index in [9.17, 15) is 26.0 Å². The van der Waals surface area contributed by atoms with E-state index in [-0.39, 0.29) is 6.61 Å². The van der Waals surface area contributed by atoms with Crippen LogP contribution in [0.15, 0.2) is 47.6 Å². The highest BCUT2D eigenvalue weighted by molar-refractivity contribution is 7.89. The van der Waals surface area contributed by atoms with Crippen molar-refractivity contribution < 1.29 is 30.7 Å². The molecule has 0 aliphatic rings. The fourth-order valence-corrected chi connectivity index (χ4v) is 3.49. The molecule has 0 saturated heterocycles. The minimum atomic E-state index is -4.88. The lowest BCUT2D eigenvalue weighted by Gasteiger charge is -2.19. The third kappa shape index (κ3) is 4.74. The van der Waals surface area contributed by atoms with E-state index in [4.69, 9.17) is 4.74 Å². The molecule has 0 amide bonds. The van der Waals surface area contributed by atoms with E-state index in [0.29, 0.717) is 11.6 Å². The van der Waals surface area contributed by atoms with E-state index in [0.717, 1.165) is 24.4 Å². The van der Waals surface area contributed by atoms with Gasteiger partial charge in [0.1, 0.15) is 5.82 Å². The number of rotatable bonds is 6. The number of benzene rings is 1. The van der Waals surface area contributed by atoms with Gasteiger partial charge in [0, 0.05) is 13.3 Å². The second kappa shape index (κ2) is 7.46. The molecule has 25 heavy (non-hydrogen) atoms. The molecule has 0 spiro atoms. The first kappa shape index (κ1) is 19.3. The van der Waals surface area contributed by atoms with E-state index in [1.54, 1.807) is 0 Å². The predicted octanol–water partition coefficient (Wildman–Crippen LogP) is 2.91. The van der Waals surface area contributed by atoms with Crippen LogP contribution in [0.3, 0.4) is 0 Å². The molecule has 1 atom stereocenters. The zero-order valence-corrected chi connectivity index (χ0v) is 13.7. The fraction of sp³-hybridized carbons (Fsp3) is 0.267. The molecule has 10 heteroatoms. The van der Waals surface area contributed by atoms with Crippen molar-refractivity contribution in [1.29, 1.82) is 0 Å². The molecular formula is C15H14F4N2O3S. The van der Waals surface area contributed by atoms with Gasteiger partial charge in [-0.3, -0.25) is 0 Å². The topological polar surface area (TPSA) is 68.3 Å². The van der Waals surface area contributed by atoms with Crippen LogP contribution >= 0.6 is 0 Å². The molecule has 0 aliphatic heterocycles. The van der Waals surface area contributed by atoms with E-state index in [1.807, 2.05) is 0 Å². The van der Waals surface area contributed by atoms with Gasteiger partial charge in [-0.05, 0) is 29.8 Å². The summed E-state index contributed by atoms with van der Waals surface area (Å²) < 4.78 is 84.0. The quantitative estimate of drug-likeness (QED) is 0.785.